The van der Waals surface area contributed by atoms with Crippen LogP contribution < -0.4 is 5.32 Å². The summed E-state index contributed by atoms with van der Waals surface area (Å²) in [5, 5.41) is 3.00. The molecule has 1 heterocycles. The number of rotatable bonds is 4. The SMILES string of the molecule is CCC1NC(=O)CC1C(C)COC. The molecule has 0 aliphatic carbocycles. The van der Waals surface area contributed by atoms with E-state index in [1.807, 2.05) is 0 Å². The first kappa shape index (κ1) is 10.5. The Morgan fingerprint density at radius 3 is 2.92 bits per heavy atom. The molecule has 1 aliphatic heterocycles. The maximum Gasteiger partial charge on any atom is 0.220 e. The molecule has 1 saturated heterocycles. The second-order valence-corrected chi connectivity index (χ2v) is 3.88. The summed E-state index contributed by atoms with van der Waals surface area (Å²) in [7, 11) is 1.71. The molecule has 1 fully saturated rings. The fourth-order valence-corrected chi connectivity index (χ4v) is 2.12. The van der Waals surface area contributed by atoms with Crippen molar-refractivity contribution in [1.29, 1.82) is 0 Å². The molecule has 0 aromatic carbocycles. The number of hydrogen-bond acceptors (Lipinski definition) is 2. The average molecular weight is 185 g/mol. The van der Waals surface area contributed by atoms with E-state index < -0.39 is 0 Å². The zero-order valence-electron chi connectivity index (χ0n) is 8.67. The van der Waals surface area contributed by atoms with Crippen LogP contribution in [0.25, 0.3) is 0 Å². The van der Waals surface area contributed by atoms with Crippen LogP contribution in [0, 0.1) is 11.8 Å². The van der Waals surface area contributed by atoms with E-state index in [0.29, 0.717) is 24.3 Å². The van der Waals surface area contributed by atoms with Crippen LogP contribution in [0.1, 0.15) is 26.7 Å². The smallest absolute Gasteiger partial charge is 0.220 e. The fourth-order valence-electron chi connectivity index (χ4n) is 2.12. The number of carbonyl (C=O) groups is 1. The number of amides is 1. The van der Waals surface area contributed by atoms with Gasteiger partial charge in [-0.25, -0.2) is 0 Å². The third-order valence-electron chi connectivity index (χ3n) is 2.88. The molecule has 1 N–H and O–H groups in total. The van der Waals surface area contributed by atoms with Gasteiger partial charge in [0.25, 0.3) is 0 Å². The van der Waals surface area contributed by atoms with Gasteiger partial charge < -0.3 is 10.1 Å². The van der Waals surface area contributed by atoms with Crippen LogP contribution in [0.5, 0.6) is 0 Å². The van der Waals surface area contributed by atoms with Crippen molar-refractivity contribution < 1.29 is 9.53 Å². The van der Waals surface area contributed by atoms with Crippen molar-refractivity contribution in [2.45, 2.75) is 32.7 Å². The topological polar surface area (TPSA) is 38.3 Å². The fraction of sp³-hybridized carbons (Fsp3) is 0.900. The van der Waals surface area contributed by atoms with Crippen molar-refractivity contribution in [1.82, 2.24) is 5.32 Å². The van der Waals surface area contributed by atoms with Gasteiger partial charge >= 0.3 is 0 Å². The Hall–Kier alpha value is -0.570. The summed E-state index contributed by atoms with van der Waals surface area (Å²) in [5.74, 6) is 1.12. The Morgan fingerprint density at radius 1 is 1.69 bits per heavy atom. The third-order valence-corrected chi connectivity index (χ3v) is 2.88. The first-order valence-electron chi connectivity index (χ1n) is 4.97. The second kappa shape index (κ2) is 4.61. The van der Waals surface area contributed by atoms with Crippen LogP contribution in [0.4, 0.5) is 0 Å². The molecule has 3 nitrogen and oxygen atoms in total. The highest BCUT2D eigenvalue weighted by Crippen LogP contribution is 2.26. The summed E-state index contributed by atoms with van der Waals surface area (Å²) < 4.78 is 5.11. The lowest BCUT2D eigenvalue weighted by Gasteiger charge is -2.22. The van der Waals surface area contributed by atoms with Gasteiger partial charge in [-0.2, -0.15) is 0 Å². The Balaban J connectivity index is 2.51. The molecule has 0 bridgehead atoms. The Bertz CT molecular complexity index is 182. The van der Waals surface area contributed by atoms with Gasteiger partial charge in [0.1, 0.15) is 0 Å². The maximum atomic E-state index is 11.2. The highest BCUT2D eigenvalue weighted by atomic mass is 16.5. The van der Waals surface area contributed by atoms with Crippen molar-refractivity contribution in [2.24, 2.45) is 11.8 Å². The molecule has 1 amide bonds. The van der Waals surface area contributed by atoms with Crippen molar-refractivity contribution in [3.63, 3.8) is 0 Å². The molecule has 0 aromatic rings. The number of nitrogens with one attached hydrogen (secondary N) is 1. The van der Waals surface area contributed by atoms with Crippen molar-refractivity contribution >= 4 is 5.91 Å². The number of methoxy groups -OCH3 is 1. The van der Waals surface area contributed by atoms with Gasteiger partial charge in [-0.15, -0.1) is 0 Å². The van der Waals surface area contributed by atoms with Crippen molar-refractivity contribution in [3.8, 4) is 0 Å². The molecule has 3 heteroatoms. The van der Waals surface area contributed by atoms with Gasteiger partial charge in [0.05, 0.1) is 0 Å². The van der Waals surface area contributed by atoms with Gasteiger partial charge in [-0.3, -0.25) is 4.79 Å². The van der Waals surface area contributed by atoms with E-state index in [4.69, 9.17) is 4.74 Å². The highest BCUT2D eigenvalue weighted by molar-refractivity contribution is 5.79. The van der Waals surface area contributed by atoms with Crippen LogP contribution >= 0.6 is 0 Å². The zero-order chi connectivity index (χ0) is 9.84. The molecule has 76 valence electrons. The number of carbonyl (C=O) groups excluding carboxylic acids is 1. The standard InChI is InChI=1S/C10H19NO2/c1-4-9-8(5-10(12)11-9)7(2)6-13-3/h7-9H,4-6H2,1-3H3,(H,11,12). The molecule has 3 atom stereocenters. The van der Waals surface area contributed by atoms with E-state index in [1.54, 1.807) is 7.11 Å². The minimum absolute atomic E-state index is 0.194. The van der Waals surface area contributed by atoms with E-state index >= 15 is 0 Å². The van der Waals surface area contributed by atoms with Gasteiger partial charge in [0, 0.05) is 26.2 Å². The maximum absolute atomic E-state index is 11.2. The number of hydrogen-bond donors (Lipinski definition) is 1. The van der Waals surface area contributed by atoms with Crippen LogP contribution in [0.15, 0.2) is 0 Å². The lowest BCUT2D eigenvalue weighted by Crippen LogP contribution is -2.31. The Labute approximate surface area is 79.8 Å². The summed E-state index contributed by atoms with van der Waals surface area (Å²) in [6.45, 7) is 5.01. The van der Waals surface area contributed by atoms with Gasteiger partial charge in [0.15, 0.2) is 0 Å². The van der Waals surface area contributed by atoms with Crippen LogP contribution in [-0.4, -0.2) is 25.7 Å². The minimum Gasteiger partial charge on any atom is -0.384 e. The van der Waals surface area contributed by atoms with E-state index in [1.165, 1.54) is 0 Å². The lowest BCUT2D eigenvalue weighted by atomic mass is 9.87. The molecular weight excluding hydrogens is 166 g/mol. The summed E-state index contributed by atoms with van der Waals surface area (Å²) in [4.78, 5) is 11.2. The van der Waals surface area contributed by atoms with Crippen molar-refractivity contribution in [3.05, 3.63) is 0 Å². The highest BCUT2D eigenvalue weighted by Gasteiger charge is 2.34. The predicted octanol–water partition coefficient (Wildman–Crippen LogP) is 1.18. The van der Waals surface area contributed by atoms with Crippen LogP contribution in [0.2, 0.25) is 0 Å². The minimum atomic E-state index is 0.194. The quantitative estimate of drug-likeness (QED) is 0.714. The molecule has 0 radical (unpaired) electrons. The van der Waals surface area contributed by atoms with Gasteiger partial charge in [0.2, 0.25) is 5.91 Å². The first-order chi connectivity index (χ1) is 6.19. The molecule has 1 rings (SSSR count). The zero-order valence-corrected chi connectivity index (χ0v) is 8.67. The molecule has 13 heavy (non-hydrogen) atoms. The molecular formula is C10H19NO2. The van der Waals surface area contributed by atoms with E-state index in [0.717, 1.165) is 13.0 Å². The summed E-state index contributed by atoms with van der Waals surface area (Å²) in [6.07, 6.45) is 1.69. The van der Waals surface area contributed by atoms with E-state index in [9.17, 15) is 4.79 Å². The Kier molecular flexibility index (Phi) is 3.72. The van der Waals surface area contributed by atoms with Gasteiger partial charge in [-0.05, 0) is 18.3 Å². The first-order valence-corrected chi connectivity index (χ1v) is 4.97. The monoisotopic (exact) mass is 185 g/mol. The van der Waals surface area contributed by atoms with Crippen LogP contribution in [-0.2, 0) is 9.53 Å². The van der Waals surface area contributed by atoms with Crippen LogP contribution in [0.3, 0.4) is 0 Å². The summed E-state index contributed by atoms with van der Waals surface area (Å²) in [5.41, 5.74) is 0. The largest absolute Gasteiger partial charge is 0.384 e. The Morgan fingerprint density at radius 2 is 2.38 bits per heavy atom. The normalized spacial score (nSPS) is 30.2. The molecule has 0 saturated carbocycles. The summed E-state index contributed by atoms with van der Waals surface area (Å²) in [6, 6.07) is 0.359. The molecule has 1 aliphatic rings. The molecule has 3 unspecified atom stereocenters. The van der Waals surface area contributed by atoms with E-state index in [2.05, 4.69) is 19.2 Å². The summed E-state index contributed by atoms with van der Waals surface area (Å²) >= 11 is 0. The average Bonchev–Trinajstić information content (AvgIpc) is 2.47. The third kappa shape index (κ3) is 2.44. The van der Waals surface area contributed by atoms with E-state index in [-0.39, 0.29) is 5.91 Å². The van der Waals surface area contributed by atoms with Crippen molar-refractivity contribution in [2.75, 3.05) is 13.7 Å². The molecule has 0 spiro atoms. The van der Waals surface area contributed by atoms with Gasteiger partial charge in [-0.1, -0.05) is 13.8 Å². The predicted molar refractivity (Wildman–Crippen MR) is 51.4 cm³/mol. The second-order valence-electron chi connectivity index (χ2n) is 3.88. The lowest BCUT2D eigenvalue weighted by molar-refractivity contribution is -0.119. The molecule has 0 aromatic heterocycles. The number of ether oxygens (including phenoxy) is 1.